The minimum atomic E-state index is -0.375. The molecule has 2 aromatic carbocycles. The number of halogens is 1. The Labute approximate surface area is 169 Å². The normalized spacial score (nSPS) is 10.3. The van der Waals surface area contributed by atoms with Crippen molar-refractivity contribution in [1.82, 2.24) is 4.98 Å². The molecule has 0 radical (unpaired) electrons. The molecular weight excluding hydrogens is 428 g/mol. The van der Waals surface area contributed by atoms with Crippen LogP contribution in [-0.2, 0) is 11.2 Å². The van der Waals surface area contributed by atoms with Gasteiger partial charge >= 0.3 is 6.03 Å². The standard InChI is InChI=1S/C19H17BrN4O2S/c1-12-4-2-6-14(8-12)22-18(26)24-19-23-16(11-27-19)10-17(25)21-15-7-3-5-13(20)9-15/h2-9,11H,10H2,1H3,(H,21,25)(H2,22,23,24,26). The summed E-state index contributed by atoms with van der Waals surface area (Å²) in [5, 5.41) is 10.4. The maximum Gasteiger partial charge on any atom is 0.325 e. The number of urea groups is 1. The van der Waals surface area contributed by atoms with Crippen molar-refractivity contribution in [2.24, 2.45) is 0 Å². The molecule has 0 saturated carbocycles. The number of rotatable bonds is 5. The Morgan fingerprint density at radius 2 is 1.78 bits per heavy atom. The van der Waals surface area contributed by atoms with Crippen LogP contribution in [0.1, 0.15) is 11.3 Å². The molecule has 1 heterocycles. The predicted octanol–water partition coefficient (Wildman–Crippen LogP) is 5.04. The van der Waals surface area contributed by atoms with Crippen molar-refractivity contribution in [1.29, 1.82) is 0 Å². The van der Waals surface area contributed by atoms with Crippen LogP contribution >= 0.6 is 27.3 Å². The molecule has 0 aliphatic carbocycles. The first-order valence-corrected chi connectivity index (χ1v) is 9.80. The number of hydrogen-bond donors (Lipinski definition) is 3. The van der Waals surface area contributed by atoms with E-state index in [0.29, 0.717) is 22.2 Å². The average Bonchev–Trinajstić information content (AvgIpc) is 3.01. The minimum Gasteiger partial charge on any atom is -0.326 e. The molecule has 3 rings (SSSR count). The summed E-state index contributed by atoms with van der Waals surface area (Å²) in [6.45, 7) is 1.95. The van der Waals surface area contributed by atoms with E-state index < -0.39 is 0 Å². The molecule has 138 valence electrons. The number of carbonyl (C=O) groups excluding carboxylic acids is 2. The second kappa shape index (κ2) is 8.79. The topological polar surface area (TPSA) is 83.1 Å². The van der Waals surface area contributed by atoms with Crippen molar-refractivity contribution in [3.05, 3.63) is 69.6 Å². The van der Waals surface area contributed by atoms with E-state index >= 15 is 0 Å². The van der Waals surface area contributed by atoms with E-state index in [2.05, 4.69) is 36.9 Å². The molecule has 27 heavy (non-hydrogen) atoms. The molecule has 3 aromatic rings. The fourth-order valence-corrected chi connectivity index (χ4v) is 3.47. The van der Waals surface area contributed by atoms with Gasteiger partial charge in [0.2, 0.25) is 5.91 Å². The van der Waals surface area contributed by atoms with Crippen LogP contribution in [-0.4, -0.2) is 16.9 Å². The molecular formula is C19H17BrN4O2S. The third kappa shape index (κ3) is 5.90. The van der Waals surface area contributed by atoms with Crippen LogP contribution in [0.3, 0.4) is 0 Å². The third-order valence-electron chi connectivity index (χ3n) is 3.50. The lowest BCUT2D eigenvalue weighted by Gasteiger charge is -2.06. The number of aromatic nitrogens is 1. The lowest BCUT2D eigenvalue weighted by molar-refractivity contribution is -0.115. The van der Waals surface area contributed by atoms with Gasteiger partial charge in [0.15, 0.2) is 5.13 Å². The number of amides is 3. The number of anilines is 3. The van der Waals surface area contributed by atoms with Crippen molar-refractivity contribution in [2.45, 2.75) is 13.3 Å². The monoisotopic (exact) mass is 444 g/mol. The minimum absolute atomic E-state index is 0.129. The van der Waals surface area contributed by atoms with Crippen LogP contribution in [0.2, 0.25) is 0 Å². The highest BCUT2D eigenvalue weighted by Crippen LogP contribution is 2.19. The van der Waals surface area contributed by atoms with E-state index in [-0.39, 0.29) is 18.4 Å². The van der Waals surface area contributed by atoms with E-state index in [1.807, 2.05) is 55.5 Å². The molecule has 3 amide bonds. The Morgan fingerprint density at radius 3 is 2.52 bits per heavy atom. The number of benzene rings is 2. The van der Waals surface area contributed by atoms with Gasteiger partial charge in [0.05, 0.1) is 12.1 Å². The van der Waals surface area contributed by atoms with Crippen LogP contribution in [0.15, 0.2) is 58.4 Å². The third-order valence-corrected chi connectivity index (χ3v) is 4.80. The van der Waals surface area contributed by atoms with Crippen LogP contribution in [0.4, 0.5) is 21.3 Å². The van der Waals surface area contributed by atoms with E-state index in [9.17, 15) is 9.59 Å². The first kappa shape index (κ1) is 19.1. The highest BCUT2D eigenvalue weighted by Gasteiger charge is 2.10. The molecule has 0 saturated heterocycles. The molecule has 6 nitrogen and oxygen atoms in total. The first-order chi connectivity index (χ1) is 13.0. The molecule has 0 aliphatic heterocycles. The van der Waals surface area contributed by atoms with Crippen molar-refractivity contribution in [3.63, 3.8) is 0 Å². The maximum atomic E-state index is 12.1. The molecule has 8 heteroatoms. The molecule has 0 atom stereocenters. The summed E-state index contributed by atoms with van der Waals surface area (Å²) in [5.74, 6) is -0.172. The van der Waals surface area contributed by atoms with Crippen LogP contribution in [0.5, 0.6) is 0 Å². The zero-order valence-corrected chi connectivity index (χ0v) is 16.9. The van der Waals surface area contributed by atoms with Gasteiger partial charge in [-0.1, -0.05) is 34.1 Å². The Bertz CT molecular complexity index is 898. The van der Waals surface area contributed by atoms with Crippen LogP contribution in [0, 0.1) is 6.92 Å². The second-order valence-corrected chi connectivity index (χ2v) is 7.60. The zero-order chi connectivity index (χ0) is 19.2. The van der Waals surface area contributed by atoms with Gasteiger partial charge in [-0.3, -0.25) is 10.1 Å². The summed E-state index contributed by atoms with van der Waals surface area (Å²) in [4.78, 5) is 28.5. The van der Waals surface area contributed by atoms with E-state index in [0.717, 1.165) is 10.0 Å². The highest BCUT2D eigenvalue weighted by molar-refractivity contribution is 9.10. The predicted molar refractivity (Wildman–Crippen MR) is 112 cm³/mol. The smallest absolute Gasteiger partial charge is 0.325 e. The molecule has 0 bridgehead atoms. The number of thiazole rings is 1. The summed E-state index contributed by atoms with van der Waals surface area (Å²) >= 11 is 4.64. The Kier molecular flexibility index (Phi) is 6.20. The second-order valence-electron chi connectivity index (χ2n) is 5.83. The number of aryl methyl sites for hydroxylation is 1. The lowest BCUT2D eigenvalue weighted by atomic mass is 10.2. The Balaban J connectivity index is 1.53. The van der Waals surface area contributed by atoms with E-state index in [4.69, 9.17) is 0 Å². The average molecular weight is 445 g/mol. The fourth-order valence-electron chi connectivity index (χ4n) is 2.36. The number of hydrogen-bond acceptors (Lipinski definition) is 4. The van der Waals surface area contributed by atoms with Crippen molar-refractivity contribution in [3.8, 4) is 0 Å². The van der Waals surface area contributed by atoms with Gasteiger partial charge < -0.3 is 10.6 Å². The van der Waals surface area contributed by atoms with Gasteiger partial charge in [-0.15, -0.1) is 11.3 Å². The summed E-state index contributed by atoms with van der Waals surface area (Å²) in [5.41, 5.74) is 3.07. The van der Waals surface area contributed by atoms with Crippen molar-refractivity contribution < 1.29 is 9.59 Å². The van der Waals surface area contributed by atoms with E-state index in [1.54, 1.807) is 5.38 Å². The van der Waals surface area contributed by atoms with Crippen molar-refractivity contribution in [2.75, 3.05) is 16.0 Å². The molecule has 0 fully saturated rings. The van der Waals surface area contributed by atoms with Gasteiger partial charge in [-0.25, -0.2) is 9.78 Å². The molecule has 0 unspecified atom stereocenters. The fraction of sp³-hybridized carbons (Fsp3) is 0.105. The van der Waals surface area contributed by atoms with Crippen LogP contribution < -0.4 is 16.0 Å². The lowest BCUT2D eigenvalue weighted by Crippen LogP contribution is -2.19. The summed E-state index contributed by atoms with van der Waals surface area (Å²) in [6, 6.07) is 14.5. The maximum absolute atomic E-state index is 12.1. The zero-order valence-electron chi connectivity index (χ0n) is 14.5. The molecule has 1 aromatic heterocycles. The SMILES string of the molecule is Cc1cccc(NC(=O)Nc2nc(CC(=O)Nc3cccc(Br)c3)cs2)c1. The van der Waals surface area contributed by atoms with Crippen molar-refractivity contribution >= 4 is 55.7 Å². The van der Waals surface area contributed by atoms with Gasteiger partial charge in [0, 0.05) is 21.2 Å². The van der Waals surface area contributed by atoms with Gasteiger partial charge in [0.1, 0.15) is 0 Å². The Hall–Kier alpha value is -2.71. The number of nitrogens with one attached hydrogen (secondary N) is 3. The number of carbonyl (C=O) groups is 2. The summed E-state index contributed by atoms with van der Waals surface area (Å²) in [7, 11) is 0. The van der Waals surface area contributed by atoms with Crippen LogP contribution in [0.25, 0.3) is 0 Å². The van der Waals surface area contributed by atoms with Gasteiger partial charge in [-0.05, 0) is 42.8 Å². The first-order valence-electron chi connectivity index (χ1n) is 8.12. The van der Waals surface area contributed by atoms with E-state index in [1.165, 1.54) is 11.3 Å². The quantitative estimate of drug-likeness (QED) is 0.515. The van der Waals surface area contributed by atoms with Gasteiger partial charge in [0.25, 0.3) is 0 Å². The highest BCUT2D eigenvalue weighted by atomic mass is 79.9. The number of nitrogens with zero attached hydrogens (tertiary/aromatic N) is 1. The molecule has 0 aliphatic rings. The molecule has 0 spiro atoms. The summed E-state index contributed by atoms with van der Waals surface area (Å²) in [6.07, 6.45) is 0.129. The molecule has 3 N–H and O–H groups in total. The Morgan fingerprint density at radius 1 is 1.04 bits per heavy atom. The summed E-state index contributed by atoms with van der Waals surface area (Å²) < 4.78 is 0.889. The van der Waals surface area contributed by atoms with Gasteiger partial charge in [-0.2, -0.15) is 0 Å². The largest absolute Gasteiger partial charge is 0.326 e.